The number of rotatable bonds is 6. The van der Waals surface area contributed by atoms with Crippen LogP contribution >= 0.6 is 0 Å². The molecule has 32 heavy (non-hydrogen) atoms. The number of benzene rings is 1. The lowest BCUT2D eigenvalue weighted by molar-refractivity contribution is 0.102. The predicted octanol–water partition coefficient (Wildman–Crippen LogP) is 2.98. The fourth-order valence-electron chi connectivity index (χ4n) is 3.87. The topological polar surface area (TPSA) is 75.0 Å². The minimum atomic E-state index is -3.77. The number of hydrogen-bond donors (Lipinski definition) is 0. The standard InChI is InChI=1S/C21H21F3N4O3S/c1-26(2)32(30,31)12-21(29)17-10-25-28-6-5-15(9-20(17)28)27-11-14(23)8-19(27)16-7-13(22)3-4-18(16)24/h3-7,9-10,14,19H,8,11-12H2,1-2H3/t14-,19+/m0/s1. The van der Waals surface area contributed by atoms with Crippen molar-refractivity contribution in [2.45, 2.75) is 18.6 Å². The van der Waals surface area contributed by atoms with Crippen LogP contribution in [0.5, 0.6) is 0 Å². The Morgan fingerprint density at radius 3 is 2.69 bits per heavy atom. The molecule has 0 saturated carbocycles. The maximum Gasteiger partial charge on any atom is 0.221 e. The van der Waals surface area contributed by atoms with E-state index in [9.17, 15) is 26.4 Å². The number of aromatic nitrogens is 2. The van der Waals surface area contributed by atoms with Gasteiger partial charge in [-0.1, -0.05) is 0 Å². The predicted molar refractivity (Wildman–Crippen MR) is 113 cm³/mol. The summed E-state index contributed by atoms with van der Waals surface area (Å²) in [7, 11) is -1.10. The number of pyridine rings is 1. The van der Waals surface area contributed by atoms with Gasteiger partial charge in [-0.05, 0) is 30.3 Å². The van der Waals surface area contributed by atoms with Crippen molar-refractivity contribution < 1.29 is 26.4 Å². The maximum absolute atomic E-state index is 14.4. The Morgan fingerprint density at radius 2 is 1.97 bits per heavy atom. The lowest BCUT2D eigenvalue weighted by Crippen LogP contribution is -2.29. The van der Waals surface area contributed by atoms with Gasteiger partial charge in [-0.15, -0.1) is 0 Å². The molecule has 2 aromatic heterocycles. The molecule has 0 bridgehead atoms. The van der Waals surface area contributed by atoms with Crippen molar-refractivity contribution in [2.24, 2.45) is 0 Å². The number of ketones is 1. The summed E-state index contributed by atoms with van der Waals surface area (Å²) in [4.78, 5) is 14.3. The number of sulfonamides is 1. The third-order valence-electron chi connectivity index (χ3n) is 5.57. The van der Waals surface area contributed by atoms with E-state index in [0.717, 1.165) is 22.5 Å². The molecule has 1 aliphatic rings. The summed E-state index contributed by atoms with van der Waals surface area (Å²) in [5, 5.41) is 4.09. The summed E-state index contributed by atoms with van der Waals surface area (Å²) in [5.41, 5.74) is 0.965. The van der Waals surface area contributed by atoms with Crippen molar-refractivity contribution in [3.05, 3.63) is 65.5 Å². The Bertz CT molecular complexity index is 1290. The lowest BCUT2D eigenvalue weighted by Gasteiger charge is -2.27. The molecule has 0 amide bonds. The second-order valence-corrected chi connectivity index (χ2v) is 10.1. The number of alkyl halides is 1. The van der Waals surface area contributed by atoms with Crippen LogP contribution in [0.3, 0.4) is 0 Å². The van der Waals surface area contributed by atoms with Crippen LogP contribution in [-0.4, -0.2) is 60.7 Å². The fourth-order valence-corrected chi connectivity index (χ4v) is 4.62. The quantitative estimate of drug-likeness (QED) is 0.522. The van der Waals surface area contributed by atoms with E-state index in [2.05, 4.69) is 5.10 Å². The smallest absolute Gasteiger partial charge is 0.221 e. The van der Waals surface area contributed by atoms with Crippen LogP contribution in [0.4, 0.5) is 18.9 Å². The van der Waals surface area contributed by atoms with Crippen LogP contribution in [0.2, 0.25) is 0 Å². The first kappa shape index (κ1) is 22.3. The highest BCUT2D eigenvalue weighted by Gasteiger charge is 2.35. The van der Waals surface area contributed by atoms with Crippen molar-refractivity contribution in [1.82, 2.24) is 13.9 Å². The molecule has 7 nitrogen and oxygen atoms in total. The lowest BCUT2D eigenvalue weighted by atomic mass is 10.0. The van der Waals surface area contributed by atoms with Crippen molar-refractivity contribution in [1.29, 1.82) is 0 Å². The summed E-state index contributed by atoms with van der Waals surface area (Å²) in [5.74, 6) is -2.61. The van der Waals surface area contributed by atoms with Gasteiger partial charge in [0.2, 0.25) is 10.0 Å². The van der Waals surface area contributed by atoms with Gasteiger partial charge in [-0.25, -0.2) is 30.4 Å². The van der Waals surface area contributed by atoms with E-state index in [1.807, 2.05) is 0 Å². The zero-order valence-corrected chi connectivity index (χ0v) is 18.2. The van der Waals surface area contributed by atoms with Gasteiger partial charge in [-0.2, -0.15) is 5.10 Å². The fraction of sp³-hybridized carbons (Fsp3) is 0.333. The van der Waals surface area contributed by atoms with Crippen molar-refractivity contribution in [3.8, 4) is 0 Å². The molecule has 0 spiro atoms. The van der Waals surface area contributed by atoms with E-state index >= 15 is 0 Å². The summed E-state index contributed by atoms with van der Waals surface area (Å²) in [6, 6.07) is 5.54. The van der Waals surface area contributed by atoms with E-state index in [-0.39, 0.29) is 24.1 Å². The molecule has 0 aliphatic carbocycles. The first-order valence-electron chi connectivity index (χ1n) is 9.83. The average molecular weight is 466 g/mol. The van der Waals surface area contributed by atoms with Crippen LogP contribution in [0.25, 0.3) is 5.52 Å². The second-order valence-electron chi connectivity index (χ2n) is 7.90. The normalized spacial score (nSPS) is 19.2. The molecule has 0 N–H and O–H groups in total. The Morgan fingerprint density at radius 1 is 1.22 bits per heavy atom. The zero-order valence-electron chi connectivity index (χ0n) is 17.4. The van der Waals surface area contributed by atoms with Gasteiger partial charge in [-0.3, -0.25) is 4.79 Å². The molecule has 3 aromatic rings. The molecule has 3 heterocycles. The molecule has 1 fully saturated rings. The molecule has 2 atom stereocenters. The van der Waals surface area contributed by atoms with E-state index in [0.29, 0.717) is 11.2 Å². The molecule has 1 saturated heterocycles. The SMILES string of the molecule is CN(C)S(=O)(=O)CC(=O)c1cnn2ccc(N3C[C@@H](F)C[C@@H]3c3cc(F)ccc3F)cc12. The first-order chi connectivity index (χ1) is 15.1. The number of carbonyl (C=O) groups excluding carboxylic acids is 1. The highest BCUT2D eigenvalue weighted by molar-refractivity contribution is 7.89. The van der Waals surface area contributed by atoms with Gasteiger partial charge in [0.05, 0.1) is 23.3 Å². The molecular formula is C21H21F3N4O3S. The van der Waals surface area contributed by atoms with Crippen molar-refractivity contribution in [2.75, 3.05) is 31.3 Å². The second kappa shape index (κ2) is 8.21. The number of Topliss-reactive ketones (excluding diaryl/α,β-unsaturated/α-hetero) is 1. The minimum Gasteiger partial charge on any atom is -0.361 e. The van der Waals surface area contributed by atoms with Crippen LogP contribution < -0.4 is 4.90 Å². The molecule has 11 heteroatoms. The summed E-state index contributed by atoms with van der Waals surface area (Å²) < 4.78 is 69.1. The van der Waals surface area contributed by atoms with Gasteiger partial charge < -0.3 is 4.90 Å². The highest BCUT2D eigenvalue weighted by atomic mass is 32.2. The van der Waals surface area contributed by atoms with Crippen LogP contribution in [-0.2, 0) is 10.0 Å². The third kappa shape index (κ3) is 4.09. The number of fused-ring (bicyclic) bond motifs is 1. The Kier molecular flexibility index (Phi) is 5.72. The third-order valence-corrected chi connectivity index (χ3v) is 7.31. The van der Waals surface area contributed by atoms with E-state index < -0.39 is 45.4 Å². The van der Waals surface area contributed by atoms with E-state index in [4.69, 9.17) is 0 Å². The van der Waals surface area contributed by atoms with Crippen LogP contribution in [0.15, 0.2) is 42.7 Å². The molecule has 0 unspecified atom stereocenters. The van der Waals surface area contributed by atoms with Gasteiger partial charge in [0.1, 0.15) is 23.6 Å². The van der Waals surface area contributed by atoms with Crippen molar-refractivity contribution >= 4 is 27.0 Å². The van der Waals surface area contributed by atoms with E-state index in [1.165, 1.54) is 24.8 Å². The summed E-state index contributed by atoms with van der Waals surface area (Å²) in [6.07, 6.45) is 1.55. The van der Waals surface area contributed by atoms with Crippen LogP contribution in [0.1, 0.15) is 28.4 Å². The molecule has 4 rings (SSSR count). The monoisotopic (exact) mass is 466 g/mol. The molecule has 1 aromatic carbocycles. The maximum atomic E-state index is 14.4. The van der Waals surface area contributed by atoms with Crippen LogP contribution in [0, 0.1) is 11.6 Å². The van der Waals surface area contributed by atoms with Gasteiger partial charge in [0.25, 0.3) is 0 Å². The van der Waals surface area contributed by atoms with Gasteiger partial charge in [0, 0.05) is 44.5 Å². The molecular weight excluding hydrogens is 445 g/mol. The Hall–Kier alpha value is -2.92. The first-order valence-corrected chi connectivity index (χ1v) is 11.4. The zero-order chi connectivity index (χ0) is 23.2. The van der Waals surface area contributed by atoms with Gasteiger partial charge in [0.15, 0.2) is 5.78 Å². The number of halogens is 3. The number of nitrogens with zero attached hydrogens (tertiary/aromatic N) is 4. The largest absolute Gasteiger partial charge is 0.361 e. The van der Waals surface area contributed by atoms with Gasteiger partial charge >= 0.3 is 0 Å². The number of carbonyl (C=O) groups is 1. The summed E-state index contributed by atoms with van der Waals surface area (Å²) in [6.45, 7) is -0.0385. The summed E-state index contributed by atoms with van der Waals surface area (Å²) >= 11 is 0. The molecule has 0 radical (unpaired) electrons. The number of hydrogen-bond acceptors (Lipinski definition) is 5. The Balaban J connectivity index is 1.72. The van der Waals surface area contributed by atoms with Crippen molar-refractivity contribution in [3.63, 3.8) is 0 Å². The molecule has 170 valence electrons. The van der Waals surface area contributed by atoms with E-state index in [1.54, 1.807) is 23.2 Å². The average Bonchev–Trinajstić information content (AvgIpc) is 3.32. The number of anilines is 1. The minimum absolute atomic E-state index is 0.0162. The molecule has 1 aliphatic heterocycles. The highest BCUT2D eigenvalue weighted by Crippen LogP contribution is 2.39. The Labute approximate surface area is 183 Å².